The number of ether oxygens (including phenoxy) is 1. The first-order valence-electron chi connectivity index (χ1n) is 4.47. The molecule has 0 saturated carbocycles. The maximum absolute atomic E-state index is 10.8. The van der Waals surface area contributed by atoms with Crippen molar-refractivity contribution in [1.82, 2.24) is 5.32 Å². The summed E-state index contributed by atoms with van der Waals surface area (Å²) in [5.74, 6) is -0.126. The van der Waals surface area contributed by atoms with E-state index >= 15 is 0 Å². The van der Waals surface area contributed by atoms with Gasteiger partial charge in [-0.25, -0.2) is 0 Å². The fraction of sp³-hybridized carbons (Fsp3) is 0.364. The monoisotopic (exact) mass is 195 g/mol. The molecule has 0 unspecified atom stereocenters. The Morgan fingerprint density at radius 3 is 2.71 bits per heavy atom. The summed E-state index contributed by atoms with van der Waals surface area (Å²) in [7, 11) is 1.58. The molecule has 0 heterocycles. The van der Waals surface area contributed by atoms with Crippen molar-refractivity contribution >= 4 is 5.91 Å². The van der Waals surface area contributed by atoms with Crippen LogP contribution in [0.1, 0.15) is 6.92 Å². The SMILES string of the molecule is C=C/C(=C\C=C/C)COCC(=O)NC. The van der Waals surface area contributed by atoms with Crippen LogP contribution in [0.4, 0.5) is 0 Å². The van der Waals surface area contributed by atoms with E-state index in [1.165, 1.54) is 0 Å². The Kier molecular flexibility index (Phi) is 7.46. The standard InChI is InChI=1S/C11H17NO2/c1-4-6-7-10(5-2)8-14-9-11(13)12-3/h4-7H,2,8-9H2,1,3H3,(H,12,13)/b6-4-,10-7+. The quantitative estimate of drug-likeness (QED) is 0.651. The highest BCUT2D eigenvalue weighted by Crippen LogP contribution is 1.97. The van der Waals surface area contributed by atoms with E-state index in [0.29, 0.717) is 6.61 Å². The molecular weight excluding hydrogens is 178 g/mol. The number of rotatable bonds is 6. The summed E-state index contributed by atoms with van der Waals surface area (Å²) in [6.07, 6.45) is 7.43. The minimum absolute atomic E-state index is 0.0809. The lowest BCUT2D eigenvalue weighted by atomic mass is 10.2. The first-order valence-corrected chi connectivity index (χ1v) is 4.47. The van der Waals surface area contributed by atoms with Crippen molar-refractivity contribution < 1.29 is 9.53 Å². The number of carbonyl (C=O) groups is 1. The second-order valence-electron chi connectivity index (χ2n) is 2.64. The predicted molar refractivity (Wildman–Crippen MR) is 58.0 cm³/mol. The van der Waals surface area contributed by atoms with Crippen LogP contribution in [-0.4, -0.2) is 26.2 Å². The highest BCUT2D eigenvalue weighted by molar-refractivity contribution is 5.76. The van der Waals surface area contributed by atoms with Gasteiger partial charge in [-0.05, 0) is 12.5 Å². The van der Waals surface area contributed by atoms with E-state index in [1.54, 1.807) is 13.1 Å². The molecule has 0 aromatic rings. The van der Waals surface area contributed by atoms with E-state index in [2.05, 4.69) is 11.9 Å². The second-order valence-corrected chi connectivity index (χ2v) is 2.64. The first kappa shape index (κ1) is 12.7. The van der Waals surface area contributed by atoms with E-state index in [0.717, 1.165) is 5.57 Å². The third kappa shape index (κ3) is 6.20. The molecule has 0 aliphatic rings. The Balaban J connectivity index is 3.85. The van der Waals surface area contributed by atoms with Crippen molar-refractivity contribution in [2.75, 3.05) is 20.3 Å². The van der Waals surface area contributed by atoms with Crippen molar-refractivity contribution in [3.63, 3.8) is 0 Å². The van der Waals surface area contributed by atoms with Crippen LogP contribution in [0, 0.1) is 0 Å². The average Bonchev–Trinajstić information content (AvgIpc) is 2.22. The van der Waals surface area contributed by atoms with Crippen LogP contribution in [-0.2, 0) is 9.53 Å². The van der Waals surface area contributed by atoms with Gasteiger partial charge in [0.15, 0.2) is 0 Å². The molecule has 0 aromatic carbocycles. The van der Waals surface area contributed by atoms with Crippen LogP contribution >= 0.6 is 0 Å². The fourth-order valence-corrected chi connectivity index (χ4v) is 0.729. The smallest absolute Gasteiger partial charge is 0.245 e. The van der Waals surface area contributed by atoms with Gasteiger partial charge in [0.25, 0.3) is 0 Å². The lowest BCUT2D eigenvalue weighted by Gasteiger charge is -2.03. The molecule has 0 spiro atoms. The minimum Gasteiger partial charge on any atom is -0.367 e. The van der Waals surface area contributed by atoms with E-state index in [4.69, 9.17) is 4.74 Å². The number of hydrogen-bond acceptors (Lipinski definition) is 2. The maximum atomic E-state index is 10.8. The second kappa shape index (κ2) is 8.26. The summed E-state index contributed by atoms with van der Waals surface area (Å²) in [6, 6.07) is 0. The molecule has 3 nitrogen and oxygen atoms in total. The number of hydrogen-bond donors (Lipinski definition) is 1. The third-order valence-electron chi connectivity index (χ3n) is 1.55. The van der Waals surface area contributed by atoms with Crippen molar-refractivity contribution in [3.8, 4) is 0 Å². The summed E-state index contributed by atoms with van der Waals surface area (Å²) < 4.78 is 5.15. The molecule has 0 aliphatic heterocycles. The summed E-state index contributed by atoms with van der Waals surface area (Å²) in [5.41, 5.74) is 0.951. The Labute approximate surface area is 85.1 Å². The largest absolute Gasteiger partial charge is 0.367 e. The zero-order chi connectivity index (χ0) is 10.8. The zero-order valence-electron chi connectivity index (χ0n) is 8.75. The highest BCUT2D eigenvalue weighted by atomic mass is 16.5. The maximum Gasteiger partial charge on any atom is 0.245 e. The molecule has 0 saturated heterocycles. The molecule has 0 rings (SSSR count). The molecule has 3 heteroatoms. The predicted octanol–water partition coefficient (Wildman–Crippen LogP) is 1.44. The van der Waals surface area contributed by atoms with Crippen LogP contribution in [0.5, 0.6) is 0 Å². The number of amides is 1. The van der Waals surface area contributed by atoms with Crippen molar-refractivity contribution in [3.05, 3.63) is 36.5 Å². The Hall–Kier alpha value is -1.35. The third-order valence-corrected chi connectivity index (χ3v) is 1.55. The summed E-state index contributed by atoms with van der Waals surface area (Å²) in [4.78, 5) is 10.8. The van der Waals surface area contributed by atoms with Gasteiger partial charge in [-0.2, -0.15) is 0 Å². The summed E-state index contributed by atoms with van der Waals surface area (Å²) in [6.45, 7) is 6.07. The van der Waals surface area contributed by atoms with Crippen molar-refractivity contribution in [2.24, 2.45) is 0 Å². The van der Waals surface area contributed by atoms with Crippen LogP contribution in [0.2, 0.25) is 0 Å². The van der Waals surface area contributed by atoms with Gasteiger partial charge in [0.05, 0.1) is 6.61 Å². The van der Waals surface area contributed by atoms with Gasteiger partial charge in [-0.3, -0.25) is 4.79 Å². The summed E-state index contributed by atoms with van der Waals surface area (Å²) >= 11 is 0. The molecule has 0 radical (unpaired) electrons. The number of likely N-dealkylation sites (N-methyl/N-ethyl adjacent to an activating group) is 1. The average molecular weight is 195 g/mol. The number of allylic oxidation sites excluding steroid dienone is 3. The Morgan fingerprint density at radius 1 is 1.50 bits per heavy atom. The van der Waals surface area contributed by atoms with Gasteiger partial charge < -0.3 is 10.1 Å². The normalized spacial score (nSPS) is 11.7. The molecule has 1 N–H and O–H groups in total. The van der Waals surface area contributed by atoms with Gasteiger partial charge in [0, 0.05) is 7.05 Å². The van der Waals surface area contributed by atoms with E-state index < -0.39 is 0 Å². The zero-order valence-corrected chi connectivity index (χ0v) is 8.75. The van der Waals surface area contributed by atoms with E-state index in [1.807, 2.05) is 25.2 Å². The van der Waals surface area contributed by atoms with E-state index in [9.17, 15) is 4.79 Å². The lowest BCUT2D eigenvalue weighted by molar-refractivity contribution is -0.124. The van der Waals surface area contributed by atoms with Crippen LogP contribution < -0.4 is 5.32 Å². The molecule has 78 valence electrons. The van der Waals surface area contributed by atoms with Crippen molar-refractivity contribution in [2.45, 2.75) is 6.92 Å². The Bertz CT molecular complexity index is 242. The fourth-order valence-electron chi connectivity index (χ4n) is 0.729. The molecule has 0 bridgehead atoms. The van der Waals surface area contributed by atoms with E-state index in [-0.39, 0.29) is 12.5 Å². The van der Waals surface area contributed by atoms with Gasteiger partial charge in [-0.1, -0.05) is 30.9 Å². The van der Waals surface area contributed by atoms with Gasteiger partial charge >= 0.3 is 0 Å². The molecule has 14 heavy (non-hydrogen) atoms. The lowest BCUT2D eigenvalue weighted by Crippen LogP contribution is -2.23. The molecule has 0 fully saturated rings. The van der Waals surface area contributed by atoms with Gasteiger partial charge in [0.2, 0.25) is 5.91 Å². The minimum atomic E-state index is -0.126. The molecule has 0 atom stereocenters. The molecular formula is C11H17NO2. The van der Waals surface area contributed by atoms with Crippen LogP contribution in [0.15, 0.2) is 36.5 Å². The number of carbonyl (C=O) groups excluding carboxylic acids is 1. The van der Waals surface area contributed by atoms with Gasteiger partial charge in [0.1, 0.15) is 6.61 Å². The topological polar surface area (TPSA) is 38.3 Å². The van der Waals surface area contributed by atoms with Crippen LogP contribution in [0.3, 0.4) is 0 Å². The highest BCUT2D eigenvalue weighted by Gasteiger charge is 1.97. The molecule has 1 amide bonds. The van der Waals surface area contributed by atoms with Gasteiger partial charge in [-0.15, -0.1) is 0 Å². The van der Waals surface area contributed by atoms with Crippen LogP contribution in [0.25, 0.3) is 0 Å². The molecule has 0 aromatic heterocycles. The molecule has 0 aliphatic carbocycles. The Morgan fingerprint density at radius 2 is 2.21 bits per heavy atom. The summed E-state index contributed by atoms with van der Waals surface area (Å²) in [5, 5.41) is 2.48. The van der Waals surface area contributed by atoms with Crippen molar-refractivity contribution in [1.29, 1.82) is 0 Å². The number of nitrogens with one attached hydrogen (secondary N) is 1. The first-order chi connectivity index (χ1) is 6.74.